The van der Waals surface area contributed by atoms with Crippen LogP contribution in [0.4, 0.5) is 0 Å². The third-order valence-corrected chi connectivity index (χ3v) is 4.72. The standard InChI is InChI=1S/C20H24O2/c1-15-18(21)14-20(17-10-6-3-7-11-17)22-19(15)13-12-16-8-4-2-5-9-16/h2-11,15,18-21H,12-14H2,1H3. The molecule has 0 bridgehead atoms. The molecule has 22 heavy (non-hydrogen) atoms. The zero-order valence-corrected chi connectivity index (χ0v) is 13.1. The fraction of sp³-hybridized carbons (Fsp3) is 0.400. The van der Waals surface area contributed by atoms with Crippen molar-refractivity contribution in [3.8, 4) is 0 Å². The molecule has 0 saturated carbocycles. The number of ether oxygens (including phenoxy) is 1. The molecule has 1 heterocycles. The van der Waals surface area contributed by atoms with E-state index in [4.69, 9.17) is 4.74 Å². The molecule has 1 fully saturated rings. The van der Waals surface area contributed by atoms with E-state index in [-0.39, 0.29) is 24.2 Å². The molecule has 0 radical (unpaired) electrons. The Bertz CT molecular complexity index is 567. The highest BCUT2D eigenvalue weighted by molar-refractivity contribution is 5.19. The van der Waals surface area contributed by atoms with Crippen LogP contribution in [0.2, 0.25) is 0 Å². The molecule has 2 aromatic carbocycles. The highest BCUT2D eigenvalue weighted by atomic mass is 16.5. The highest BCUT2D eigenvalue weighted by Gasteiger charge is 2.35. The van der Waals surface area contributed by atoms with Gasteiger partial charge in [-0.05, 0) is 24.0 Å². The molecule has 0 aliphatic carbocycles. The van der Waals surface area contributed by atoms with Gasteiger partial charge in [0.2, 0.25) is 0 Å². The van der Waals surface area contributed by atoms with E-state index >= 15 is 0 Å². The summed E-state index contributed by atoms with van der Waals surface area (Å²) in [5.41, 5.74) is 2.49. The Balaban J connectivity index is 1.67. The Morgan fingerprint density at radius 1 is 1.00 bits per heavy atom. The predicted octanol–water partition coefficient (Wildman–Crippen LogP) is 4.15. The third-order valence-electron chi connectivity index (χ3n) is 4.72. The summed E-state index contributed by atoms with van der Waals surface area (Å²) in [4.78, 5) is 0. The average Bonchev–Trinajstić information content (AvgIpc) is 2.58. The number of aliphatic hydroxyl groups is 1. The molecular formula is C20H24O2. The van der Waals surface area contributed by atoms with Gasteiger partial charge in [-0.2, -0.15) is 0 Å². The first-order valence-corrected chi connectivity index (χ1v) is 8.16. The molecule has 116 valence electrons. The lowest BCUT2D eigenvalue weighted by molar-refractivity contribution is -0.135. The molecular weight excluding hydrogens is 272 g/mol. The Morgan fingerprint density at radius 2 is 1.64 bits per heavy atom. The second-order valence-corrected chi connectivity index (χ2v) is 6.26. The van der Waals surface area contributed by atoms with Gasteiger partial charge >= 0.3 is 0 Å². The second kappa shape index (κ2) is 7.08. The number of aliphatic hydroxyl groups excluding tert-OH is 1. The van der Waals surface area contributed by atoms with Crippen molar-refractivity contribution in [3.63, 3.8) is 0 Å². The number of aryl methyl sites for hydroxylation is 1. The molecule has 0 spiro atoms. The van der Waals surface area contributed by atoms with Gasteiger partial charge in [0, 0.05) is 12.3 Å². The van der Waals surface area contributed by atoms with Crippen LogP contribution in [0.1, 0.15) is 37.0 Å². The smallest absolute Gasteiger partial charge is 0.0853 e. The first-order chi connectivity index (χ1) is 10.7. The predicted molar refractivity (Wildman–Crippen MR) is 88.6 cm³/mol. The molecule has 1 N–H and O–H groups in total. The van der Waals surface area contributed by atoms with Crippen LogP contribution >= 0.6 is 0 Å². The Labute approximate surface area is 132 Å². The van der Waals surface area contributed by atoms with E-state index in [1.807, 2.05) is 24.3 Å². The molecule has 2 aromatic rings. The van der Waals surface area contributed by atoms with Crippen molar-refractivity contribution in [2.24, 2.45) is 5.92 Å². The molecule has 0 aromatic heterocycles. The van der Waals surface area contributed by atoms with Crippen molar-refractivity contribution < 1.29 is 9.84 Å². The summed E-state index contributed by atoms with van der Waals surface area (Å²) in [6, 6.07) is 20.7. The van der Waals surface area contributed by atoms with Crippen molar-refractivity contribution in [1.29, 1.82) is 0 Å². The monoisotopic (exact) mass is 296 g/mol. The van der Waals surface area contributed by atoms with E-state index in [1.165, 1.54) is 5.56 Å². The molecule has 4 atom stereocenters. The Kier molecular flexibility index (Phi) is 4.91. The van der Waals surface area contributed by atoms with Gasteiger partial charge < -0.3 is 9.84 Å². The fourth-order valence-corrected chi connectivity index (χ4v) is 3.24. The highest BCUT2D eigenvalue weighted by Crippen LogP contribution is 2.36. The van der Waals surface area contributed by atoms with Crippen molar-refractivity contribution in [2.45, 2.75) is 44.5 Å². The SMILES string of the molecule is CC1C(O)CC(c2ccccc2)OC1CCc1ccccc1. The van der Waals surface area contributed by atoms with Gasteiger partial charge in [0.05, 0.1) is 18.3 Å². The lowest BCUT2D eigenvalue weighted by Gasteiger charge is -2.38. The first kappa shape index (κ1) is 15.3. The zero-order valence-electron chi connectivity index (χ0n) is 13.1. The minimum Gasteiger partial charge on any atom is -0.393 e. The lowest BCUT2D eigenvalue weighted by Crippen LogP contribution is -2.39. The third kappa shape index (κ3) is 3.57. The van der Waals surface area contributed by atoms with Gasteiger partial charge in [0.15, 0.2) is 0 Å². The lowest BCUT2D eigenvalue weighted by atomic mass is 9.85. The van der Waals surface area contributed by atoms with Gasteiger partial charge in [0.1, 0.15) is 0 Å². The zero-order chi connectivity index (χ0) is 15.4. The van der Waals surface area contributed by atoms with E-state index in [0.717, 1.165) is 18.4 Å². The van der Waals surface area contributed by atoms with Crippen molar-refractivity contribution in [3.05, 3.63) is 71.8 Å². The first-order valence-electron chi connectivity index (χ1n) is 8.16. The summed E-state index contributed by atoms with van der Waals surface area (Å²) in [6.07, 6.45) is 2.45. The molecule has 2 nitrogen and oxygen atoms in total. The quantitative estimate of drug-likeness (QED) is 0.918. The van der Waals surface area contributed by atoms with Crippen LogP contribution < -0.4 is 0 Å². The Morgan fingerprint density at radius 3 is 2.32 bits per heavy atom. The van der Waals surface area contributed by atoms with E-state index < -0.39 is 0 Å². The van der Waals surface area contributed by atoms with Crippen molar-refractivity contribution in [1.82, 2.24) is 0 Å². The largest absolute Gasteiger partial charge is 0.393 e. The number of hydrogen-bond donors (Lipinski definition) is 1. The summed E-state index contributed by atoms with van der Waals surface area (Å²) in [6.45, 7) is 2.10. The van der Waals surface area contributed by atoms with Crippen LogP contribution in [0.25, 0.3) is 0 Å². The van der Waals surface area contributed by atoms with Crippen LogP contribution in [0.15, 0.2) is 60.7 Å². The number of hydrogen-bond acceptors (Lipinski definition) is 2. The van der Waals surface area contributed by atoms with Crippen LogP contribution in [0, 0.1) is 5.92 Å². The molecule has 3 rings (SSSR count). The summed E-state index contributed by atoms with van der Waals surface area (Å²) < 4.78 is 6.32. The molecule has 0 amide bonds. The maximum Gasteiger partial charge on any atom is 0.0853 e. The molecule has 2 heteroatoms. The molecule has 1 aliphatic heterocycles. The molecule has 1 aliphatic rings. The van der Waals surface area contributed by atoms with Crippen molar-refractivity contribution >= 4 is 0 Å². The van der Waals surface area contributed by atoms with Gasteiger partial charge in [-0.15, -0.1) is 0 Å². The number of benzene rings is 2. The maximum atomic E-state index is 10.4. The average molecular weight is 296 g/mol. The normalized spacial score (nSPS) is 28.5. The maximum absolute atomic E-state index is 10.4. The van der Waals surface area contributed by atoms with Crippen molar-refractivity contribution in [2.75, 3.05) is 0 Å². The molecule has 1 saturated heterocycles. The topological polar surface area (TPSA) is 29.5 Å². The van der Waals surface area contributed by atoms with Gasteiger partial charge in [0.25, 0.3) is 0 Å². The number of rotatable bonds is 4. The minimum absolute atomic E-state index is 0.00757. The van der Waals surface area contributed by atoms with Gasteiger partial charge in [-0.3, -0.25) is 0 Å². The Hall–Kier alpha value is -1.64. The van der Waals surface area contributed by atoms with Gasteiger partial charge in [-0.25, -0.2) is 0 Å². The van der Waals surface area contributed by atoms with Crippen LogP contribution in [-0.2, 0) is 11.2 Å². The summed E-state index contributed by atoms with van der Waals surface area (Å²) >= 11 is 0. The van der Waals surface area contributed by atoms with Gasteiger partial charge in [-0.1, -0.05) is 67.6 Å². The van der Waals surface area contributed by atoms with E-state index in [9.17, 15) is 5.11 Å². The molecule has 4 unspecified atom stereocenters. The van der Waals surface area contributed by atoms with E-state index in [2.05, 4.69) is 43.3 Å². The van der Waals surface area contributed by atoms with Crippen LogP contribution in [0.5, 0.6) is 0 Å². The van der Waals surface area contributed by atoms with Crippen LogP contribution in [0.3, 0.4) is 0 Å². The summed E-state index contributed by atoms with van der Waals surface area (Å²) in [7, 11) is 0. The summed E-state index contributed by atoms with van der Waals surface area (Å²) in [5, 5.41) is 10.4. The minimum atomic E-state index is -0.292. The van der Waals surface area contributed by atoms with Crippen LogP contribution in [-0.4, -0.2) is 17.3 Å². The fourth-order valence-electron chi connectivity index (χ4n) is 3.24. The summed E-state index contributed by atoms with van der Waals surface area (Å²) in [5.74, 6) is 0.184. The second-order valence-electron chi connectivity index (χ2n) is 6.26. The van der Waals surface area contributed by atoms with E-state index in [0.29, 0.717) is 6.42 Å². The van der Waals surface area contributed by atoms with E-state index in [1.54, 1.807) is 0 Å².